The van der Waals surface area contributed by atoms with Crippen molar-refractivity contribution < 1.29 is 8.78 Å². The van der Waals surface area contributed by atoms with Crippen LogP contribution in [0.4, 0.5) is 8.78 Å². The van der Waals surface area contributed by atoms with Crippen LogP contribution in [0.5, 0.6) is 0 Å². The quantitative estimate of drug-likeness (QED) is 0.752. The first-order valence-corrected chi connectivity index (χ1v) is 5.77. The molecule has 0 atom stereocenters. The fourth-order valence-corrected chi connectivity index (χ4v) is 2.13. The molecule has 1 aliphatic heterocycles. The molecule has 0 amide bonds. The highest BCUT2D eigenvalue weighted by atomic mass is 19.1. The molecule has 0 radical (unpaired) electrons. The molecule has 1 aliphatic rings. The van der Waals surface area contributed by atoms with Crippen molar-refractivity contribution in [3.8, 4) is 0 Å². The molecule has 1 fully saturated rings. The van der Waals surface area contributed by atoms with Crippen molar-refractivity contribution >= 4 is 11.4 Å². The lowest BCUT2D eigenvalue weighted by molar-refractivity contribution is 0.582. The fraction of sp³-hybridized carbons (Fsp3) is 0.308. The summed E-state index contributed by atoms with van der Waals surface area (Å²) in [4.78, 5) is 0. The number of nitrogens with one attached hydrogen (secondary N) is 3. The van der Waals surface area contributed by atoms with Crippen molar-refractivity contribution in [3.63, 3.8) is 0 Å². The molecule has 0 unspecified atom stereocenters. The number of halogens is 2. The fourth-order valence-electron chi connectivity index (χ4n) is 2.13. The zero-order valence-corrected chi connectivity index (χ0v) is 10.1. The van der Waals surface area contributed by atoms with E-state index in [1.54, 1.807) is 7.05 Å². The minimum atomic E-state index is -0.612. The van der Waals surface area contributed by atoms with Gasteiger partial charge in [0, 0.05) is 30.9 Å². The molecule has 5 heteroatoms. The normalized spacial score (nSPS) is 18.7. The average Bonchev–Trinajstić information content (AvgIpc) is 2.31. The molecule has 1 heterocycles. The molecular formula is C13H15F2N3. The first-order chi connectivity index (χ1) is 8.61. The Morgan fingerprint density at radius 3 is 2.50 bits per heavy atom. The summed E-state index contributed by atoms with van der Waals surface area (Å²) in [5.74, 6) is -1.22. The molecular weight excluding hydrogens is 236 g/mol. The third kappa shape index (κ3) is 2.56. The third-order valence-corrected chi connectivity index (χ3v) is 2.92. The van der Waals surface area contributed by atoms with Gasteiger partial charge in [0.1, 0.15) is 11.6 Å². The summed E-state index contributed by atoms with van der Waals surface area (Å²) in [6.45, 7) is 1.25. The van der Waals surface area contributed by atoms with E-state index in [9.17, 15) is 8.78 Å². The van der Waals surface area contributed by atoms with Crippen LogP contribution in [0, 0.1) is 17.0 Å². The third-order valence-electron chi connectivity index (χ3n) is 2.92. The van der Waals surface area contributed by atoms with E-state index in [0.717, 1.165) is 18.2 Å². The lowest BCUT2D eigenvalue weighted by Gasteiger charge is -2.21. The van der Waals surface area contributed by atoms with Crippen molar-refractivity contribution in [2.75, 3.05) is 20.1 Å². The highest BCUT2D eigenvalue weighted by Gasteiger charge is 2.17. The van der Waals surface area contributed by atoms with Crippen LogP contribution in [-0.4, -0.2) is 25.8 Å². The Bertz CT molecular complexity index is 489. The largest absolute Gasteiger partial charge is 0.387 e. The predicted molar refractivity (Wildman–Crippen MR) is 67.6 cm³/mol. The number of piperidine rings is 1. The highest BCUT2D eigenvalue weighted by molar-refractivity contribution is 6.06. The van der Waals surface area contributed by atoms with Gasteiger partial charge in [-0.25, -0.2) is 8.78 Å². The van der Waals surface area contributed by atoms with Crippen molar-refractivity contribution in [1.82, 2.24) is 10.6 Å². The van der Waals surface area contributed by atoms with E-state index in [4.69, 9.17) is 5.41 Å². The van der Waals surface area contributed by atoms with Crippen LogP contribution >= 0.6 is 0 Å². The summed E-state index contributed by atoms with van der Waals surface area (Å²) < 4.78 is 26.5. The lowest BCUT2D eigenvalue weighted by atomic mass is 9.97. The zero-order valence-electron chi connectivity index (χ0n) is 10.1. The molecule has 0 aromatic heterocycles. The molecule has 0 saturated carbocycles. The van der Waals surface area contributed by atoms with Gasteiger partial charge < -0.3 is 16.0 Å². The molecule has 3 N–H and O–H groups in total. The smallest absolute Gasteiger partial charge is 0.126 e. The summed E-state index contributed by atoms with van der Waals surface area (Å²) in [6.07, 6.45) is 0.674. The summed E-state index contributed by atoms with van der Waals surface area (Å²) in [6, 6.07) is 3.39. The van der Waals surface area contributed by atoms with Gasteiger partial charge in [-0.05, 0) is 30.7 Å². The van der Waals surface area contributed by atoms with Gasteiger partial charge in [-0.15, -0.1) is 0 Å². The molecule has 96 valence electrons. The van der Waals surface area contributed by atoms with Gasteiger partial charge in [0.25, 0.3) is 0 Å². The topological polar surface area (TPSA) is 47.9 Å². The maximum absolute atomic E-state index is 13.2. The Labute approximate surface area is 104 Å². The first-order valence-electron chi connectivity index (χ1n) is 5.77. The van der Waals surface area contributed by atoms with E-state index in [-0.39, 0.29) is 0 Å². The van der Waals surface area contributed by atoms with Gasteiger partial charge in [-0.2, -0.15) is 0 Å². The van der Waals surface area contributed by atoms with E-state index in [1.807, 2.05) is 0 Å². The maximum atomic E-state index is 13.2. The van der Waals surface area contributed by atoms with Crippen LogP contribution in [0.15, 0.2) is 23.8 Å². The molecule has 1 aromatic carbocycles. The van der Waals surface area contributed by atoms with Crippen LogP contribution < -0.4 is 10.6 Å². The van der Waals surface area contributed by atoms with Gasteiger partial charge in [0.2, 0.25) is 0 Å². The summed E-state index contributed by atoms with van der Waals surface area (Å²) >= 11 is 0. The molecule has 0 aliphatic carbocycles. The van der Waals surface area contributed by atoms with Crippen LogP contribution in [0.2, 0.25) is 0 Å². The van der Waals surface area contributed by atoms with Gasteiger partial charge >= 0.3 is 0 Å². The molecule has 0 spiro atoms. The predicted octanol–water partition coefficient (Wildman–Crippen LogP) is 1.91. The molecule has 1 saturated heterocycles. The van der Waals surface area contributed by atoms with E-state index in [0.29, 0.717) is 29.9 Å². The monoisotopic (exact) mass is 251 g/mol. The van der Waals surface area contributed by atoms with Gasteiger partial charge in [-0.3, -0.25) is 0 Å². The minimum absolute atomic E-state index is 0.441. The number of hydrogen-bond donors (Lipinski definition) is 3. The summed E-state index contributed by atoms with van der Waals surface area (Å²) in [7, 11) is 1.69. The minimum Gasteiger partial charge on any atom is -0.387 e. The first kappa shape index (κ1) is 12.7. The Hall–Kier alpha value is -1.75. The number of benzene rings is 1. The van der Waals surface area contributed by atoms with E-state index in [2.05, 4.69) is 10.6 Å². The Morgan fingerprint density at radius 1 is 1.28 bits per heavy atom. The SMILES string of the molecule is CN/C(=C1/CCNCC1=N)c1cc(F)cc(F)c1. The molecule has 0 bridgehead atoms. The standard InChI is InChI=1S/C13H15F2N3/c1-17-13(11-2-3-18-7-12(11)16)8-4-9(14)6-10(15)5-8/h4-6,16-18H,2-3,7H2,1H3/b13-11-,16-12?. The summed E-state index contributed by atoms with van der Waals surface area (Å²) in [5, 5.41) is 13.9. The van der Waals surface area contributed by atoms with E-state index in [1.165, 1.54) is 12.1 Å². The maximum Gasteiger partial charge on any atom is 0.126 e. The Balaban J connectivity index is 2.49. The number of rotatable bonds is 2. The molecule has 2 rings (SSSR count). The number of hydrogen-bond acceptors (Lipinski definition) is 3. The Kier molecular flexibility index (Phi) is 3.72. The van der Waals surface area contributed by atoms with E-state index < -0.39 is 11.6 Å². The van der Waals surface area contributed by atoms with E-state index >= 15 is 0 Å². The van der Waals surface area contributed by atoms with Crippen LogP contribution in [0.1, 0.15) is 12.0 Å². The van der Waals surface area contributed by atoms with Crippen LogP contribution in [0.25, 0.3) is 5.70 Å². The van der Waals surface area contributed by atoms with Crippen LogP contribution in [-0.2, 0) is 0 Å². The zero-order chi connectivity index (χ0) is 13.1. The molecule has 1 aromatic rings. The van der Waals surface area contributed by atoms with Gasteiger partial charge in [-0.1, -0.05) is 0 Å². The van der Waals surface area contributed by atoms with Crippen molar-refractivity contribution in [1.29, 1.82) is 5.41 Å². The summed E-state index contributed by atoms with van der Waals surface area (Å²) in [5.41, 5.74) is 2.33. The van der Waals surface area contributed by atoms with Gasteiger partial charge in [0.05, 0.1) is 5.71 Å². The second kappa shape index (κ2) is 5.27. The second-order valence-corrected chi connectivity index (χ2v) is 4.17. The van der Waals surface area contributed by atoms with Crippen LogP contribution in [0.3, 0.4) is 0 Å². The molecule has 3 nitrogen and oxygen atoms in total. The second-order valence-electron chi connectivity index (χ2n) is 4.17. The molecule has 18 heavy (non-hydrogen) atoms. The van der Waals surface area contributed by atoms with Gasteiger partial charge in [0.15, 0.2) is 0 Å². The van der Waals surface area contributed by atoms with Crippen molar-refractivity contribution in [3.05, 3.63) is 41.0 Å². The highest BCUT2D eigenvalue weighted by Crippen LogP contribution is 2.22. The van der Waals surface area contributed by atoms with Crippen molar-refractivity contribution in [2.24, 2.45) is 0 Å². The average molecular weight is 251 g/mol. The Morgan fingerprint density at radius 2 is 1.94 bits per heavy atom. The van der Waals surface area contributed by atoms with Crippen molar-refractivity contribution in [2.45, 2.75) is 6.42 Å². The lowest BCUT2D eigenvalue weighted by Crippen LogP contribution is -2.33.